The Morgan fingerprint density at radius 1 is 1.14 bits per heavy atom. The van der Waals surface area contributed by atoms with Gasteiger partial charge < -0.3 is 19.3 Å². The Morgan fingerprint density at radius 2 is 1.86 bits per heavy atom. The monoisotopic (exact) mass is 452 g/mol. The summed E-state index contributed by atoms with van der Waals surface area (Å²) in [6.07, 6.45) is 0. The number of aromatic hydroxyl groups is 1. The average Bonchev–Trinajstić information content (AvgIpc) is 2.73. The van der Waals surface area contributed by atoms with Crippen molar-refractivity contribution in [2.45, 2.75) is 5.92 Å². The molecular weight excluding hydrogens is 436 g/mol. The standard InChI is InChI=1S/C22H17BrN2O4/c1-27-18-8-11(7-16(23)21(18)28-2)19-14-9-17(26)12-5-3-4-6-13(12)20(14)29-22(25)15(19)10-24/h3-9,15,19,25-26H,1-2H3. The molecule has 6 nitrogen and oxygen atoms in total. The van der Waals surface area contributed by atoms with Gasteiger partial charge in [-0.15, -0.1) is 0 Å². The fraction of sp³-hybridized carbons (Fsp3) is 0.182. The summed E-state index contributed by atoms with van der Waals surface area (Å²) in [5, 5.41) is 30.1. The molecule has 7 heteroatoms. The van der Waals surface area contributed by atoms with Gasteiger partial charge in [-0.1, -0.05) is 24.3 Å². The zero-order valence-corrected chi connectivity index (χ0v) is 17.3. The summed E-state index contributed by atoms with van der Waals surface area (Å²) in [4.78, 5) is 0. The van der Waals surface area contributed by atoms with Crippen LogP contribution in [0.2, 0.25) is 0 Å². The van der Waals surface area contributed by atoms with E-state index in [2.05, 4.69) is 22.0 Å². The Kier molecular flexibility index (Phi) is 4.81. The number of rotatable bonds is 3. The molecule has 0 fully saturated rings. The average molecular weight is 453 g/mol. The van der Waals surface area contributed by atoms with E-state index in [4.69, 9.17) is 19.6 Å². The zero-order chi connectivity index (χ0) is 20.7. The van der Waals surface area contributed by atoms with Gasteiger partial charge in [-0.3, -0.25) is 5.41 Å². The number of benzene rings is 3. The van der Waals surface area contributed by atoms with Crippen LogP contribution in [0.15, 0.2) is 46.9 Å². The second-order valence-corrected chi connectivity index (χ2v) is 7.50. The van der Waals surface area contributed by atoms with E-state index < -0.39 is 11.8 Å². The molecule has 3 aromatic rings. The van der Waals surface area contributed by atoms with E-state index >= 15 is 0 Å². The number of nitrogens with one attached hydrogen (secondary N) is 1. The third-order valence-electron chi connectivity index (χ3n) is 5.12. The Hall–Kier alpha value is -3.24. The van der Waals surface area contributed by atoms with Crippen molar-refractivity contribution in [3.05, 3.63) is 58.1 Å². The predicted molar refractivity (Wildman–Crippen MR) is 112 cm³/mol. The molecule has 0 radical (unpaired) electrons. The minimum absolute atomic E-state index is 0.0950. The number of hydrogen-bond donors (Lipinski definition) is 2. The van der Waals surface area contributed by atoms with E-state index in [1.807, 2.05) is 24.3 Å². The quantitative estimate of drug-likeness (QED) is 0.584. The summed E-state index contributed by atoms with van der Waals surface area (Å²) in [7, 11) is 3.08. The number of nitrogens with zero attached hydrogens (tertiary/aromatic N) is 1. The van der Waals surface area contributed by atoms with Crippen molar-refractivity contribution in [3.63, 3.8) is 0 Å². The molecule has 4 rings (SSSR count). The molecule has 2 N–H and O–H groups in total. The summed E-state index contributed by atoms with van der Waals surface area (Å²) < 4.78 is 17.3. The molecule has 1 aliphatic heterocycles. The Morgan fingerprint density at radius 3 is 2.52 bits per heavy atom. The van der Waals surface area contributed by atoms with Gasteiger partial charge in [0.2, 0.25) is 5.90 Å². The molecule has 29 heavy (non-hydrogen) atoms. The van der Waals surface area contributed by atoms with Crippen LogP contribution >= 0.6 is 15.9 Å². The highest BCUT2D eigenvalue weighted by atomic mass is 79.9. The van der Waals surface area contributed by atoms with Gasteiger partial charge in [0.05, 0.1) is 24.8 Å². The summed E-state index contributed by atoms with van der Waals surface area (Å²) in [6, 6.07) is 14.7. The van der Waals surface area contributed by atoms with E-state index in [0.29, 0.717) is 38.1 Å². The van der Waals surface area contributed by atoms with Gasteiger partial charge in [-0.25, -0.2) is 0 Å². The second-order valence-electron chi connectivity index (χ2n) is 6.65. The molecule has 146 valence electrons. The normalized spacial score (nSPS) is 17.9. The molecule has 2 atom stereocenters. The lowest BCUT2D eigenvalue weighted by Crippen LogP contribution is -2.31. The fourth-order valence-corrected chi connectivity index (χ4v) is 4.44. The molecule has 0 bridgehead atoms. The maximum atomic E-state index is 10.6. The SMILES string of the molecule is COc1cc(C2c3cc(O)c4ccccc4c3OC(=N)C2C#N)cc(Br)c1OC. The van der Waals surface area contributed by atoms with E-state index in [0.717, 1.165) is 5.56 Å². The largest absolute Gasteiger partial charge is 0.507 e. The van der Waals surface area contributed by atoms with Gasteiger partial charge in [-0.2, -0.15) is 5.26 Å². The maximum Gasteiger partial charge on any atom is 0.205 e. The van der Waals surface area contributed by atoms with Crippen LogP contribution in [-0.4, -0.2) is 25.2 Å². The van der Waals surface area contributed by atoms with Gasteiger partial charge >= 0.3 is 0 Å². The Bertz CT molecular complexity index is 1190. The molecule has 0 amide bonds. The van der Waals surface area contributed by atoms with Gasteiger partial charge in [0.1, 0.15) is 17.4 Å². The van der Waals surface area contributed by atoms with Crippen molar-refractivity contribution in [1.82, 2.24) is 0 Å². The van der Waals surface area contributed by atoms with Crippen molar-refractivity contribution in [1.29, 1.82) is 10.7 Å². The number of phenols is 1. The third-order valence-corrected chi connectivity index (χ3v) is 5.71. The summed E-state index contributed by atoms with van der Waals surface area (Å²) in [6.45, 7) is 0. The fourth-order valence-electron chi connectivity index (χ4n) is 3.82. The zero-order valence-electron chi connectivity index (χ0n) is 15.7. The molecule has 0 spiro atoms. The first-order valence-electron chi connectivity index (χ1n) is 8.82. The lowest BCUT2D eigenvalue weighted by molar-refractivity contribution is 0.352. The highest BCUT2D eigenvalue weighted by Gasteiger charge is 2.39. The minimum Gasteiger partial charge on any atom is -0.507 e. The van der Waals surface area contributed by atoms with Crippen LogP contribution in [0.5, 0.6) is 23.0 Å². The van der Waals surface area contributed by atoms with Crippen molar-refractivity contribution in [2.24, 2.45) is 5.92 Å². The lowest BCUT2D eigenvalue weighted by Gasteiger charge is -2.31. The second kappa shape index (κ2) is 7.30. The first kappa shape index (κ1) is 19.1. The molecule has 1 heterocycles. The van der Waals surface area contributed by atoms with Crippen LogP contribution in [0.25, 0.3) is 10.8 Å². The summed E-state index contributed by atoms with van der Waals surface area (Å²) >= 11 is 3.49. The molecular formula is C22H17BrN2O4. The van der Waals surface area contributed by atoms with Crippen molar-refractivity contribution >= 4 is 32.6 Å². The Labute approximate surface area is 175 Å². The number of methoxy groups -OCH3 is 2. The van der Waals surface area contributed by atoms with Gasteiger partial charge in [0.25, 0.3) is 0 Å². The van der Waals surface area contributed by atoms with E-state index in [1.165, 1.54) is 7.11 Å². The molecule has 2 unspecified atom stereocenters. The van der Waals surface area contributed by atoms with Crippen LogP contribution in [0.4, 0.5) is 0 Å². The van der Waals surface area contributed by atoms with E-state index in [-0.39, 0.29) is 11.6 Å². The summed E-state index contributed by atoms with van der Waals surface area (Å²) in [5.41, 5.74) is 1.38. The number of nitriles is 1. The van der Waals surface area contributed by atoms with Gasteiger partial charge in [0.15, 0.2) is 11.5 Å². The van der Waals surface area contributed by atoms with Gasteiger partial charge in [0, 0.05) is 22.3 Å². The summed E-state index contributed by atoms with van der Waals surface area (Å²) in [5.74, 6) is 0.0951. The smallest absolute Gasteiger partial charge is 0.205 e. The maximum absolute atomic E-state index is 10.6. The number of ether oxygens (including phenoxy) is 3. The molecule has 0 aromatic heterocycles. The first-order chi connectivity index (χ1) is 14.0. The number of fused-ring (bicyclic) bond motifs is 3. The van der Waals surface area contributed by atoms with Crippen LogP contribution in [-0.2, 0) is 0 Å². The molecule has 0 saturated heterocycles. The number of halogens is 1. The molecule has 3 aromatic carbocycles. The van der Waals surface area contributed by atoms with E-state index in [9.17, 15) is 10.4 Å². The van der Waals surface area contributed by atoms with E-state index in [1.54, 1.807) is 25.3 Å². The molecule has 0 saturated carbocycles. The first-order valence-corrected chi connectivity index (χ1v) is 9.61. The molecule has 0 aliphatic carbocycles. The highest BCUT2D eigenvalue weighted by Crippen LogP contribution is 2.49. The highest BCUT2D eigenvalue weighted by molar-refractivity contribution is 9.10. The van der Waals surface area contributed by atoms with Crippen molar-refractivity contribution < 1.29 is 19.3 Å². The third kappa shape index (κ3) is 2.97. The number of phenolic OH excluding ortho intramolecular Hbond substituents is 1. The topological polar surface area (TPSA) is 95.6 Å². The van der Waals surface area contributed by atoms with Crippen LogP contribution < -0.4 is 14.2 Å². The lowest BCUT2D eigenvalue weighted by atomic mass is 9.78. The predicted octanol–water partition coefficient (Wildman–Crippen LogP) is 4.97. The van der Waals surface area contributed by atoms with Crippen LogP contribution in [0.3, 0.4) is 0 Å². The van der Waals surface area contributed by atoms with Crippen LogP contribution in [0.1, 0.15) is 17.0 Å². The number of hydrogen-bond acceptors (Lipinski definition) is 6. The van der Waals surface area contributed by atoms with Crippen LogP contribution in [0, 0.1) is 22.7 Å². The van der Waals surface area contributed by atoms with Gasteiger partial charge in [-0.05, 0) is 39.7 Å². The minimum atomic E-state index is -0.854. The Balaban J connectivity index is 2.02. The van der Waals surface area contributed by atoms with Crippen molar-refractivity contribution in [3.8, 4) is 29.1 Å². The van der Waals surface area contributed by atoms with Crippen molar-refractivity contribution in [2.75, 3.05) is 14.2 Å². The molecule has 1 aliphatic rings.